The average molecular weight is 630 g/mol. The van der Waals surface area contributed by atoms with Gasteiger partial charge in [-0.3, -0.25) is 9.59 Å². The minimum atomic E-state index is -1.17. The highest BCUT2D eigenvalue weighted by Crippen LogP contribution is 2.37. The number of hydrogen-bond donors (Lipinski definition) is 4. The van der Waals surface area contributed by atoms with Crippen molar-refractivity contribution in [3.63, 3.8) is 0 Å². The summed E-state index contributed by atoms with van der Waals surface area (Å²) in [6.07, 6.45) is -3.96. The molecule has 13 atom stereocenters. The second-order valence-electron chi connectivity index (χ2n) is 13.6. The molecule has 3 saturated heterocycles. The number of aliphatic hydroxyl groups is 2. The second kappa shape index (κ2) is 14.7. The summed E-state index contributed by atoms with van der Waals surface area (Å²) >= 11 is 0. The average Bonchev–Trinajstić information content (AvgIpc) is 3.30. The number of ether oxygens (including phenoxy) is 5. The second-order valence-corrected chi connectivity index (χ2v) is 13.6. The van der Waals surface area contributed by atoms with Crippen molar-refractivity contribution in [2.75, 3.05) is 34.4 Å². The van der Waals surface area contributed by atoms with Gasteiger partial charge in [0.1, 0.15) is 18.1 Å². The number of methoxy groups -OCH3 is 1. The predicted molar refractivity (Wildman–Crippen MR) is 161 cm³/mol. The minimum absolute atomic E-state index is 0.000557. The summed E-state index contributed by atoms with van der Waals surface area (Å²) in [4.78, 5) is 41.8. The number of likely N-dealkylation sites (N-methyl/N-ethyl adjacent to an activating group) is 1. The number of carbonyl (C=O) groups excluding carboxylic acids is 3. The number of rotatable bonds is 6. The molecule has 1 amide bonds. The topological polar surface area (TPSA) is 165 Å². The van der Waals surface area contributed by atoms with E-state index in [-0.39, 0.29) is 24.6 Å². The molecule has 0 radical (unpaired) electrons. The fourth-order valence-corrected chi connectivity index (χ4v) is 7.14. The van der Waals surface area contributed by atoms with Crippen LogP contribution in [0.2, 0.25) is 0 Å². The fraction of sp³-hybridized carbons (Fsp3) is 0.903. The van der Waals surface area contributed by atoms with Crippen LogP contribution in [0.4, 0.5) is 4.79 Å². The van der Waals surface area contributed by atoms with Gasteiger partial charge in [-0.1, -0.05) is 20.8 Å². The van der Waals surface area contributed by atoms with Crippen molar-refractivity contribution in [3.8, 4) is 0 Å². The van der Waals surface area contributed by atoms with Crippen LogP contribution in [0.3, 0.4) is 0 Å². The van der Waals surface area contributed by atoms with E-state index in [1.807, 2.05) is 46.7 Å². The maximum Gasteiger partial charge on any atom is 0.408 e. The van der Waals surface area contributed by atoms with Gasteiger partial charge in [0, 0.05) is 25.1 Å². The van der Waals surface area contributed by atoms with E-state index in [9.17, 15) is 24.6 Å². The van der Waals surface area contributed by atoms with Gasteiger partial charge in [-0.25, -0.2) is 4.79 Å². The number of hydrogen-bond acceptors (Lipinski definition) is 12. The van der Waals surface area contributed by atoms with Crippen molar-refractivity contribution >= 4 is 17.8 Å². The third-order valence-corrected chi connectivity index (χ3v) is 9.92. The lowest BCUT2D eigenvalue weighted by Gasteiger charge is -2.47. The zero-order chi connectivity index (χ0) is 33.1. The predicted octanol–water partition coefficient (Wildman–Crippen LogP) is 1.22. The Kier molecular flexibility index (Phi) is 12.2. The Morgan fingerprint density at radius 3 is 2.34 bits per heavy atom. The molecule has 3 heterocycles. The summed E-state index contributed by atoms with van der Waals surface area (Å²) in [6, 6.07) is -1.12. The Bertz CT molecular complexity index is 1020. The van der Waals surface area contributed by atoms with Crippen LogP contribution in [0.1, 0.15) is 67.7 Å². The number of nitrogens with zero attached hydrogens (tertiary/aromatic N) is 1. The van der Waals surface area contributed by atoms with Crippen LogP contribution in [0.25, 0.3) is 0 Å². The summed E-state index contributed by atoms with van der Waals surface area (Å²) in [6.45, 7) is 12.8. The van der Waals surface area contributed by atoms with Crippen molar-refractivity contribution < 1.29 is 48.3 Å². The molecule has 4 unspecified atom stereocenters. The first-order valence-corrected chi connectivity index (χ1v) is 15.8. The largest absolute Gasteiger partial charge is 0.458 e. The van der Waals surface area contributed by atoms with Gasteiger partial charge in [-0.2, -0.15) is 0 Å². The van der Waals surface area contributed by atoms with Crippen molar-refractivity contribution in [2.45, 2.75) is 128 Å². The number of esters is 1. The molecular formula is C31H55N3O10. The van der Waals surface area contributed by atoms with Crippen LogP contribution in [0, 0.1) is 17.8 Å². The molecule has 13 heteroatoms. The van der Waals surface area contributed by atoms with Gasteiger partial charge < -0.3 is 49.4 Å². The lowest BCUT2D eigenvalue weighted by molar-refractivity contribution is -0.300. The summed E-state index contributed by atoms with van der Waals surface area (Å²) in [7, 11) is 5.21. The Balaban J connectivity index is 2.03. The Morgan fingerprint density at radius 2 is 1.77 bits per heavy atom. The monoisotopic (exact) mass is 629 g/mol. The smallest absolute Gasteiger partial charge is 0.408 e. The number of alkyl carbamates (subject to hydrolysis) is 1. The van der Waals surface area contributed by atoms with Gasteiger partial charge >= 0.3 is 12.1 Å². The number of Topliss-reactive ketones (excluding diaryl/α,β-unsaturated/α-hetero) is 1. The van der Waals surface area contributed by atoms with E-state index in [1.165, 1.54) is 6.92 Å². The van der Waals surface area contributed by atoms with E-state index in [1.54, 1.807) is 21.0 Å². The maximum absolute atomic E-state index is 14.0. The van der Waals surface area contributed by atoms with Crippen molar-refractivity contribution in [3.05, 3.63) is 0 Å². The van der Waals surface area contributed by atoms with Crippen LogP contribution in [0.15, 0.2) is 0 Å². The Labute approximate surface area is 261 Å². The Hall–Kier alpha value is -1.87. The van der Waals surface area contributed by atoms with E-state index in [2.05, 4.69) is 10.6 Å². The zero-order valence-electron chi connectivity index (χ0n) is 28.0. The van der Waals surface area contributed by atoms with Crippen LogP contribution in [0.5, 0.6) is 0 Å². The summed E-state index contributed by atoms with van der Waals surface area (Å²) < 4.78 is 30.2. The van der Waals surface area contributed by atoms with Gasteiger partial charge in [-0.05, 0) is 73.5 Å². The third-order valence-electron chi connectivity index (χ3n) is 9.92. The van der Waals surface area contributed by atoms with Gasteiger partial charge in [0.25, 0.3) is 0 Å². The number of amides is 1. The molecule has 13 nitrogen and oxygen atoms in total. The standard InChI is InChI=1S/C31H55N3O10/c1-11-22-31(7)25(33-29(39)44-31)19(5)32-14-16(2)13-30(6,40-10)26(17(3)23(36)18(4)27(38)42-22)43-28-24(37)21(34(8)9)12-20(15-35)41-28/h16-22,24-26,28,32,35,37H,11-15H2,1-10H3,(H,33,39)/t16-,17+,18?,19-,20?,21?,22-,24?,25-,26-,28+,30-,31-/m1/s1. The van der Waals surface area contributed by atoms with Crippen LogP contribution < -0.4 is 10.6 Å². The van der Waals surface area contributed by atoms with Crippen LogP contribution in [-0.2, 0) is 33.3 Å². The normalized spacial score (nSPS) is 44.7. The maximum atomic E-state index is 14.0. The fourth-order valence-electron chi connectivity index (χ4n) is 7.14. The molecule has 4 N–H and O–H groups in total. The minimum Gasteiger partial charge on any atom is -0.458 e. The molecular weight excluding hydrogens is 574 g/mol. The van der Waals surface area contributed by atoms with Crippen molar-refractivity contribution in [1.82, 2.24) is 15.5 Å². The van der Waals surface area contributed by atoms with Gasteiger partial charge in [0.05, 0.1) is 30.5 Å². The van der Waals surface area contributed by atoms with Gasteiger partial charge in [0.2, 0.25) is 0 Å². The molecule has 0 aromatic rings. The van der Waals surface area contributed by atoms with E-state index in [4.69, 9.17) is 23.7 Å². The highest BCUT2D eigenvalue weighted by molar-refractivity contribution is 6.00. The first-order valence-electron chi connectivity index (χ1n) is 15.8. The van der Waals surface area contributed by atoms with Crippen molar-refractivity contribution in [2.24, 2.45) is 17.8 Å². The molecule has 3 aliphatic heterocycles. The van der Waals surface area contributed by atoms with E-state index >= 15 is 0 Å². The molecule has 0 aliphatic carbocycles. The van der Waals surface area contributed by atoms with Crippen molar-refractivity contribution in [1.29, 1.82) is 0 Å². The van der Waals surface area contributed by atoms with Crippen LogP contribution in [-0.4, -0.2) is 127 Å². The molecule has 0 spiro atoms. The molecule has 3 rings (SSSR count). The number of nitrogens with one attached hydrogen (secondary N) is 2. The van der Waals surface area contributed by atoms with E-state index in [0.29, 0.717) is 25.8 Å². The van der Waals surface area contributed by atoms with E-state index in [0.717, 1.165) is 0 Å². The molecule has 0 saturated carbocycles. The highest BCUT2D eigenvalue weighted by Gasteiger charge is 2.55. The summed E-state index contributed by atoms with van der Waals surface area (Å²) in [5.41, 5.74) is -2.23. The molecule has 44 heavy (non-hydrogen) atoms. The molecule has 0 aromatic carbocycles. The quantitative estimate of drug-likeness (QED) is 0.246. The lowest BCUT2D eigenvalue weighted by Crippen LogP contribution is -2.60. The van der Waals surface area contributed by atoms with E-state index < -0.39 is 77.6 Å². The van der Waals surface area contributed by atoms with Crippen LogP contribution >= 0.6 is 0 Å². The highest BCUT2D eigenvalue weighted by atomic mass is 16.7. The molecule has 3 aliphatic rings. The number of ketones is 1. The SMILES string of the molecule is CC[C@H]1OC(=O)C(C)C(=O)[C@H](C)[C@@H](O[C@@H]2OC(CO)CC(N(C)C)C2O)[C@](C)(OC)C[C@@H](C)CN[C@H](C)[C@H]2NC(=O)O[C@@]21C. The summed E-state index contributed by atoms with van der Waals surface area (Å²) in [5.74, 6) is -3.22. The number of carbonyl (C=O) groups is 3. The first-order chi connectivity index (χ1) is 20.5. The number of cyclic esters (lactones) is 1. The molecule has 3 fully saturated rings. The Morgan fingerprint density at radius 1 is 1.11 bits per heavy atom. The van der Waals surface area contributed by atoms with Gasteiger partial charge in [0.15, 0.2) is 17.7 Å². The third kappa shape index (κ3) is 7.56. The molecule has 254 valence electrons. The molecule has 0 aromatic heterocycles. The van der Waals surface area contributed by atoms with Gasteiger partial charge in [-0.15, -0.1) is 0 Å². The molecule has 0 bridgehead atoms. The summed E-state index contributed by atoms with van der Waals surface area (Å²) in [5, 5.41) is 27.6. The lowest BCUT2D eigenvalue weighted by atomic mass is 9.78. The zero-order valence-corrected chi connectivity index (χ0v) is 28.0. The number of aliphatic hydroxyl groups excluding tert-OH is 2. The number of fused-ring (bicyclic) bond motifs is 1. The first kappa shape index (κ1) is 36.6.